The van der Waals surface area contributed by atoms with Crippen LogP contribution in [-0.4, -0.2) is 186 Å². The highest BCUT2D eigenvalue weighted by atomic mass is 16.7. The molecule has 0 spiro atoms. The molecule has 3 heterocycles. The first-order valence-corrected chi connectivity index (χ1v) is 27.9. The fourth-order valence-electron chi connectivity index (χ4n) is 10.2. The van der Waals surface area contributed by atoms with Crippen LogP contribution in [-0.2, 0) is 33.3 Å². The van der Waals surface area contributed by atoms with E-state index in [4.69, 9.17) is 24.7 Å². The molecule has 1 amide bonds. The lowest BCUT2D eigenvalue weighted by atomic mass is 9.82. The summed E-state index contributed by atoms with van der Waals surface area (Å²) < 4.78 is 24.0. The first-order chi connectivity index (χ1) is 38.4. The normalized spacial score (nSPS) is 37.7. The molecule has 14 unspecified atom stereocenters. The summed E-state index contributed by atoms with van der Waals surface area (Å²) in [6.07, 6.45) is 3.41. The van der Waals surface area contributed by atoms with Gasteiger partial charge in [0.2, 0.25) is 5.91 Å². The predicted molar refractivity (Wildman–Crippen MR) is 302 cm³/mol. The Labute approximate surface area is 475 Å². The van der Waals surface area contributed by atoms with Crippen LogP contribution in [0.3, 0.4) is 0 Å². The highest BCUT2D eigenvalue weighted by Crippen LogP contribution is 2.38. The summed E-state index contributed by atoms with van der Waals surface area (Å²) >= 11 is 0. The van der Waals surface area contributed by atoms with Crippen molar-refractivity contribution in [1.29, 1.82) is 0 Å². The molecule has 2 fully saturated rings. The van der Waals surface area contributed by atoms with E-state index in [1.54, 1.807) is 117 Å². The van der Waals surface area contributed by atoms with Crippen molar-refractivity contribution in [3.8, 4) is 0 Å². The third kappa shape index (κ3) is 23.6. The number of esters is 1. The average Bonchev–Trinajstić information content (AvgIpc) is 3.40. The molecule has 1 aromatic carbocycles. The van der Waals surface area contributed by atoms with Crippen LogP contribution in [0.15, 0.2) is 109 Å². The zero-order chi connectivity index (χ0) is 59.8. The van der Waals surface area contributed by atoms with Crippen LogP contribution in [0.1, 0.15) is 108 Å². The number of allylic oxidation sites excluding steroid dienone is 12. The lowest BCUT2D eigenvalue weighted by molar-refractivity contribution is -0.307. The topological polar surface area (TPSA) is 358 Å². The Kier molecular flexibility index (Phi) is 29.1. The van der Waals surface area contributed by atoms with E-state index < -0.39 is 160 Å². The Morgan fingerprint density at radius 1 is 0.716 bits per heavy atom. The second-order valence-corrected chi connectivity index (χ2v) is 21.7. The Balaban J connectivity index is 1.55. The van der Waals surface area contributed by atoms with Crippen LogP contribution in [0.5, 0.6) is 0 Å². The van der Waals surface area contributed by atoms with Crippen molar-refractivity contribution in [2.75, 3.05) is 19.4 Å². The van der Waals surface area contributed by atoms with Crippen LogP contribution < -0.4 is 16.4 Å². The summed E-state index contributed by atoms with van der Waals surface area (Å²) in [4.78, 5) is 52.5. The van der Waals surface area contributed by atoms with Crippen LogP contribution in [0.2, 0.25) is 0 Å². The van der Waals surface area contributed by atoms with E-state index in [0.29, 0.717) is 12.0 Å². The average molecular weight is 1140 g/mol. The number of fused-ring (bicyclic) bond motifs is 2. The molecular weight excluding hydrogens is 1050 g/mol. The van der Waals surface area contributed by atoms with Gasteiger partial charge in [0.15, 0.2) is 17.9 Å². The number of hydrogen-bond acceptors (Lipinski definition) is 20. The monoisotopic (exact) mass is 1140 g/mol. The third-order valence-corrected chi connectivity index (χ3v) is 14.6. The summed E-state index contributed by atoms with van der Waals surface area (Å²) in [7, 11) is 3.13. The van der Waals surface area contributed by atoms with Crippen molar-refractivity contribution in [2.45, 2.75) is 195 Å². The predicted octanol–water partition coefficient (Wildman–Crippen LogP) is 2.41. The van der Waals surface area contributed by atoms with Gasteiger partial charge in [-0.05, 0) is 69.2 Å². The van der Waals surface area contributed by atoms with E-state index in [1.807, 2.05) is 19.9 Å². The second kappa shape index (κ2) is 34.5. The van der Waals surface area contributed by atoms with Gasteiger partial charge in [-0.2, -0.15) is 0 Å². The minimum atomic E-state index is -2.26. The van der Waals surface area contributed by atoms with Crippen molar-refractivity contribution in [3.63, 3.8) is 0 Å². The molecule has 0 aliphatic carbocycles. The Morgan fingerprint density at radius 2 is 1.27 bits per heavy atom. The first kappa shape index (κ1) is 68.4. The van der Waals surface area contributed by atoms with E-state index in [9.17, 15) is 70.2 Å². The summed E-state index contributed by atoms with van der Waals surface area (Å²) in [6, 6.07) is 5.78. The largest absolute Gasteiger partial charge is 0.461 e. The van der Waals surface area contributed by atoms with Gasteiger partial charge in [0.1, 0.15) is 18.0 Å². The molecule has 0 aromatic heterocycles. The van der Waals surface area contributed by atoms with Gasteiger partial charge in [0.05, 0.1) is 85.5 Å². The number of nitrogens with two attached hydrogens (primary N) is 1. The van der Waals surface area contributed by atoms with E-state index in [0.717, 1.165) is 5.69 Å². The van der Waals surface area contributed by atoms with Gasteiger partial charge < -0.3 is 86.4 Å². The van der Waals surface area contributed by atoms with Crippen molar-refractivity contribution in [1.82, 2.24) is 5.32 Å². The molecule has 21 nitrogen and oxygen atoms in total. The highest BCUT2D eigenvalue weighted by Gasteiger charge is 2.50. The number of ether oxygens (including phenoxy) is 4. The standard InChI is InChI=1S/C60H89N3O18/c1-36-18-16-14-12-10-8-6-7-9-11-13-15-17-19-48(79-59-56(75)54(61)55(74)38(3)78-59)33-51-53(58(76)63-5)50(72)35-60(77,81-51)34-47(70)30-45(68)28-43(66)26-42(65)27-44(67)29-46(69)32-52(73)80-57(36)37(2)20-25-41(64)31-49(71)39-21-23-40(62-4)24-22-39/h6-19,21-24,36-38,41-43,45-48,50-51,53-57,59,62,64-66,68-70,72,74-75,77H,20,25-35,61H2,1-5H3,(H,63,76)/b7-6-,10-8-,11-9+,14-12+,15-13+,18-16+,19-17+/t36?,37?,38-,41?,42?,43?,45?,46?,47?,48?,50?,51?,53?,54+,55-,56+,57?,59+,60?/m1/s1. The lowest BCUT2D eigenvalue weighted by Gasteiger charge is -2.46. The molecule has 2 bridgehead atoms. The number of nitrogens with one attached hydrogen (secondary N) is 2. The van der Waals surface area contributed by atoms with Crippen molar-refractivity contribution in [3.05, 3.63) is 115 Å². The quantitative estimate of drug-likeness (QED) is 0.112. The van der Waals surface area contributed by atoms with Crippen molar-refractivity contribution >= 4 is 29.1 Å². The summed E-state index contributed by atoms with van der Waals surface area (Å²) in [6.45, 7) is 5.26. The highest BCUT2D eigenvalue weighted by molar-refractivity contribution is 5.96. The number of carbonyl (C=O) groups is 4. The minimum absolute atomic E-state index is 0.101. The molecule has 452 valence electrons. The maximum atomic E-state index is 13.3. The van der Waals surface area contributed by atoms with Gasteiger partial charge in [0, 0.05) is 69.8 Å². The molecule has 3 aliphatic heterocycles. The van der Waals surface area contributed by atoms with Crippen molar-refractivity contribution < 1.29 is 89.2 Å². The number of benzene rings is 1. The van der Waals surface area contributed by atoms with E-state index in [-0.39, 0.29) is 49.7 Å². The SMILES string of the molecule is CNC(=O)C1C(O)CC2(O)CC(O)CC(O)CC(O)CC(O)CC(=O)CC(O)CC(=O)OC(C(C)CCC(O)CC(=O)c3ccc(NC)cc3)C(C)/C=C/C=C/C=C\C=C/C=C/C=C/C=C/C(O[C@@H]3O[C@H](C)[C@@H](O)[C@H](N)[C@@H]3O)CC1O2. The third-order valence-electron chi connectivity index (χ3n) is 14.6. The fraction of sp³-hybridized carbons (Fsp3) is 0.600. The number of anilines is 1. The minimum Gasteiger partial charge on any atom is -0.461 e. The maximum absolute atomic E-state index is 13.3. The van der Waals surface area contributed by atoms with E-state index in [2.05, 4.69) is 10.6 Å². The molecule has 14 N–H and O–H groups in total. The number of rotatable bonds is 11. The number of hydrogen-bond donors (Lipinski definition) is 13. The van der Waals surface area contributed by atoms with Gasteiger partial charge in [-0.15, -0.1) is 0 Å². The Hall–Kier alpha value is -5.08. The number of carbonyl (C=O) groups excluding carboxylic acids is 4. The second-order valence-electron chi connectivity index (χ2n) is 21.7. The van der Waals surface area contributed by atoms with E-state index >= 15 is 0 Å². The van der Waals surface area contributed by atoms with Crippen LogP contribution in [0.25, 0.3) is 0 Å². The molecule has 4 rings (SSSR count). The van der Waals surface area contributed by atoms with Crippen LogP contribution >= 0.6 is 0 Å². The smallest absolute Gasteiger partial charge is 0.308 e. The number of Topliss-reactive ketones (excluding diaryl/α,β-unsaturated/α-hetero) is 2. The van der Waals surface area contributed by atoms with Gasteiger partial charge in [-0.25, -0.2) is 0 Å². The number of cyclic esters (lactones) is 1. The molecule has 0 saturated carbocycles. The van der Waals surface area contributed by atoms with Crippen molar-refractivity contribution in [2.24, 2.45) is 23.5 Å². The fourth-order valence-corrected chi connectivity index (χ4v) is 10.2. The summed E-state index contributed by atoms with van der Waals surface area (Å²) in [5, 5.41) is 115. The molecule has 0 radical (unpaired) electrons. The number of aliphatic hydroxyl groups is 10. The molecule has 21 heteroatoms. The zero-order valence-corrected chi connectivity index (χ0v) is 47.1. The molecular formula is C60H89N3O18. The zero-order valence-electron chi connectivity index (χ0n) is 47.1. The Morgan fingerprint density at radius 3 is 1.86 bits per heavy atom. The maximum Gasteiger partial charge on any atom is 0.308 e. The van der Waals surface area contributed by atoms with Gasteiger partial charge in [-0.1, -0.05) is 98.9 Å². The van der Waals surface area contributed by atoms with Gasteiger partial charge >= 0.3 is 5.97 Å². The van der Waals surface area contributed by atoms with Gasteiger partial charge in [0.25, 0.3) is 0 Å². The van der Waals surface area contributed by atoms with E-state index in [1.165, 1.54) is 7.05 Å². The summed E-state index contributed by atoms with van der Waals surface area (Å²) in [5.74, 6) is -6.45. The molecule has 81 heavy (non-hydrogen) atoms. The number of amides is 1. The van der Waals surface area contributed by atoms with Crippen LogP contribution in [0, 0.1) is 17.8 Å². The summed E-state index contributed by atoms with van der Waals surface area (Å²) in [5.41, 5.74) is 7.40. The number of aliphatic hydroxyl groups excluding tert-OH is 9. The van der Waals surface area contributed by atoms with Gasteiger partial charge in [-0.3, -0.25) is 19.2 Å². The first-order valence-electron chi connectivity index (χ1n) is 27.9. The Bertz CT molecular complexity index is 2320. The van der Waals surface area contributed by atoms with Crippen LogP contribution in [0.4, 0.5) is 5.69 Å². The lowest BCUT2D eigenvalue weighted by Crippen LogP contribution is -2.62. The molecule has 19 atom stereocenters. The number of ketones is 2. The molecule has 3 aliphatic rings. The molecule has 2 saturated heterocycles. The molecule has 1 aromatic rings.